The predicted molar refractivity (Wildman–Crippen MR) is 60.2 cm³/mol. The summed E-state index contributed by atoms with van der Waals surface area (Å²) in [6.07, 6.45) is -7.50. The third-order valence-electron chi connectivity index (χ3n) is 2.66. The monoisotopic (exact) mass is 291 g/mol. The molecule has 0 bridgehead atoms. The van der Waals surface area contributed by atoms with E-state index in [0.717, 1.165) is 0 Å². The van der Waals surface area contributed by atoms with Gasteiger partial charge in [0.05, 0.1) is 0 Å². The van der Waals surface area contributed by atoms with Crippen LogP contribution >= 0.6 is 0 Å². The number of pyridine rings is 1. The molecule has 1 aromatic heterocycles. The van der Waals surface area contributed by atoms with Gasteiger partial charge in [-0.2, -0.15) is 13.2 Å². The van der Waals surface area contributed by atoms with Gasteiger partial charge in [0, 0.05) is 18.9 Å². The minimum Gasteiger partial charge on any atom is -0.427 e. The van der Waals surface area contributed by atoms with Gasteiger partial charge in [-0.1, -0.05) is 6.07 Å². The van der Waals surface area contributed by atoms with E-state index in [4.69, 9.17) is 0 Å². The highest BCUT2D eigenvalue weighted by atomic mass is 19.4. The van der Waals surface area contributed by atoms with E-state index in [1.165, 1.54) is 12.3 Å². The summed E-state index contributed by atoms with van der Waals surface area (Å²) in [5.74, 6) is -0.0437. The number of aromatic nitrogens is 1. The standard InChI is InChI=1S/C12H12F3NO4/c13-12(14,15)10-8(4-3-7-18-10)19-11(17)20-9-5-1-2-6-16-9/h1-2,5-6,8,10H,3-4,7H2. The number of carbonyl (C=O) groups excluding carboxylic acids is 1. The fraction of sp³-hybridized carbons (Fsp3) is 0.500. The van der Waals surface area contributed by atoms with Gasteiger partial charge in [-0.15, -0.1) is 0 Å². The number of nitrogens with zero attached hydrogens (tertiary/aromatic N) is 1. The summed E-state index contributed by atoms with van der Waals surface area (Å²) < 4.78 is 52.1. The van der Waals surface area contributed by atoms with Crippen LogP contribution in [-0.2, 0) is 9.47 Å². The normalized spacial score (nSPS) is 23.1. The first-order valence-electron chi connectivity index (χ1n) is 5.94. The quantitative estimate of drug-likeness (QED) is 0.784. The molecule has 2 rings (SSSR count). The first kappa shape index (κ1) is 14.6. The second-order valence-electron chi connectivity index (χ2n) is 4.15. The van der Waals surface area contributed by atoms with Gasteiger partial charge in [0.15, 0.2) is 6.10 Å². The van der Waals surface area contributed by atoms with Crippen LogP contribution in [0, 0.1) is 0 Å². The Balaban J connectivity index is 1.95. The average molecular weight is 291 g/mol. The zero-order valence-electron chi connectivity index (χ0n) is 10.3. The van der Waals surface area contributed by atoms with Gasteiger partial charge in [-0.3, -0.25) is 0 Å². The van der Waals surface area contributed by atoms with E-state index in [0.29, 0.717) is 6.42 Å². The minimum atomic E-state index is -4.59. The molecule has 0 aliphatic carbocycles. The van der Waals surface area contributed by atoms with Crippen LogP contribution in [0.1, 0.15) is 12.8 Å². The summed E-state index contributed by atoms with van der Waals surface area (Å²) in [5, 5.41) is 0. The zero-order valence-corrected chi connectivity index (χ0v) is 10.3. The Hall–Kier alpha value is -1.83. The maximum atomic E-state index is 12.7. The van der Waals surface area contributed by atoms with Crippen LogP contribution in [0.4, 0.5) is 18.0 Å². The van der Waals surface area contributed by atoms with Gasteiger partial charge in [0.2, 0.25) is 5.88 Å². The Bertz CT molecular complexity index is 452. The third kappa shape index (κ3) is 3.83. The number of hydrogen-bond donors (Lipinski definition) is 0. The van der Waals surface area contributed by atoms with E-state index in [1.54, 1.807) is 12.1 Å². The lowest BCUT2D eigenvalue weighted by Crippen LogP contribution is -2.47. The van der Waals surface area contributed by atoms with E-state index < -0.39 is 24.5 Å². The van der Waals surface area contributed by atoms with Gasteiger partial charge < -0.3 is 14.2 Å². The lowest BCUT2D eigenvalue weighted by atomic mass is 10.1. The molecule has 0 saturated carbocycles. The minimum absolute atomic E-state index is 0.0146. The van der Waals surface area contributed by atoms with Crippen molar-refractivity contribution in [2.24, 2.45) is 0 Å². The molecule has 2 heterocycles. The highest BCUT2D eigenvalue weighted by Gasteiger charge is 2.49. The summed E-state index contributed by atoms with van der Waals surface area (Å²) >= 11 is 0. The van der Waals surface area contributed by atoms with Crippen molar-refractivity contribution in [2.45, 2.75) is 31.2 Å². The van der Waals surface area contributed by atoms with Gasteiger partial charge in [-0.25, -0.2) is 9.78 Å². The molecule has 0 aromatic carbocycles. The van der Waals surface area contributed by atoms with Crippen LogP contribution in [0.3, 0.4) is 0 Å². The summed E-state index contributed by atoms with van der Waals surface area (Å²) in [6.45, 7) is -0.0146. The Labute approximate surface area is 112 Å². The van der Waals surface area contributed by atoms with Gasteiger partial charge in [0.25, 0.3) is 0 Å². The zero-order chi connectivity index (χ0) is 14.6. The third-order valence-corrected chi connectivity index (χ3v) is 2.66. The molecule has 0 spiro atoms. The number of rotatable bonds is 2. The number of alkyl halides is 3. The molecule has 0 N–H and O–H groups in total. The fourth-order valence-corrected chi connectivity index (χ4v) is 1.82. The maximum absolute atomic E-state index is 12.7. The molecule has 1 saturated heterocycles. The molecule has 2 atom stereocenters. The smallest absolute Gasteiger partial charge is 0.427 e. The highest BCUT2D eigenvalue weighted by molar-refractivity contribution is 5.63. The van der Waals surface area contributed by atoms with Crippen LogP contribution in [0.15, 0.2) is 24.4 Å². The molecule has 110 valence electrons. The summed E-state index contributed by atoms with van der Waals surface area (Å²) in [4.78, 5) is 15.1. The van der Waals surface area contributed by atoms with Crippen molar-refractivity contribution >= 4 is 6.16 Å². The lowest BCUT2D eigenvalue weighted by Gasteiger charge is -2.31. The van der Waals surface area contributed by atoms with Crippen molar-refractivity contribution in [2.75, 3.05) is 6.61 Å². The fourth-order valence-electron chi connectivity index (χ4n) is 1.82. The first-order valence-corrected chi connectivity index (χ1v) is 5.94. The average Bonchev–Trinajstić information content (AvgIpc) is 2.39. The van der Waals surface area contributed by atoms with Crippen LogP contribution in [0.5, 0.6) is 5.88 Å². The predicted octanol–water partition coefficient (Wildman–Crippen LogP) is 2.71. The van der Waals surface area contributed by atoms with Crippen molar-refractivity contribution < 1.29 is 32.2 Å². The lowest BCUT2D eigenvalue weighted by molar-refractivity contribution is -0.258. The topological polar surface area (TPSA) is 57.7 Å². The largest absolute Gasteiger partial charge is 0.515 e. The maximum Gasteiger partial charge on any atom is 0.515 e. The van der Waals surface area contributed by atoms with Crippen LogP contribution < -0.4 is 4.74 Å². The van der Waals surface area contributed by atoms with E-state index in [1.807, 2.05) is 0 Å². The SMILES string of the molecule is O=C(Oc1ccccn1)OC1CCCOC1C(F)(F)F. The highest BCUT2D eigenvalue weighted by Crippen LogP contribution is 2.31. The molecule has 0 amide bonds. The number of hydrogen-bond acceptors (Lipinski definition) is 5. The Morgan fingerprint density at radius 3 is 2.85 bits per heavy atom. The van der Waals surface area contributed by atoms with Crippen LogP contribution in [0.2, 0.25) is 0 Å². The Morgan fingerprint density at radius 1 is 1.40 bits per heavy atom. The van der Waals surface area contributed by atoms with Crippen molar-refractivity contribution in [1.29, 1.82) is 0 Å². The number of halogens is 3. The summed E-state index contributed by atoms with van der Waals surface area (Å²) in [7, 11) is 0. The summed E-state index contributed by atoms with van der Waals surface area (Å²) in [5.41, 5.74) is 0. The second-order valence-corrected chi connectivity index (χ2v) is 4.15. The van der Waals surface area contributed by atoms with E-state index >= 15 is 0 Å². The molecule has 5 nitrogen and oxygen atoms in total. The van der Waals surface area contributed by atoms with E-state index in [9.17, 15) is 18.0 Å². The molecule has 8 heteroatoms. The molecular weight excluding hydrogens is 279 g/mol. The van der Waals surface area contributed by atoms with Crippen molar-refractivity contribution in [3.05, 3.63) is 24.4 Å². The van der Waals surface area contributed by atoms with Gasteiger partial charge in [-0.05, 0) is 18.9 Å². The molecular formula is C12H12F3NO4. The summed E-state index contributed by atoms with van der Waals surface area (Å²) in [6, 6.07) is 4.56. The van der Waals surface area contributed by atoms with Gasteiger partial charge >= 0.3 is 12.3 Å². The molecule has 1 fully saturated rings. The molecule has 1 aliphatic heterocycles. The van der Waals surface area contributed by atoms with E-state index in [2.05, 4.69) is 19.2 Å². The number of ether oxygens (including phenoxy) is 3. The molecule has 2 unspecified atom stereocenters. The molecule has 1 aromatic rings. The van der Waals surface area contributed by atoms with Crippen molar-refractivity contribution in [1.82, 2.24) is 4.98 Å². The Morgan fingerprint density at radius 2 is 2.20 bits per heavy atom. The second kappa shape index (κ2) is 6.08. The molecule has 1 aliphatic rings. The molecule has 20 heavy (non-hydrogen) atoms. The van der Waals surface area contributed by atoms with Crippen LogP contribution in [-0.4, -0.2) is 36.1 Å². The molecule has 0 radical (unpaired) electrons. The first-order chi connectivity index (χ1) is 9.47. The van der Waals surface area contributed by atoms with E-state index in [-0.39, 0.29) is 18.9 Å². The number of carbonyl (C=O) groups is 1. The van der Waals surface area contributed by atoms with Crippen molar-refractivity contribution in [3.8, 4) is 5.88 Å². The van der Waals surface area contributed by atoms with Crippen molar-refractivity contribution in [3.63, 3.8) is 0 Å². The van der Waals surface area contributed by atoms with Gasteiger partial charge in [0.1, 0.15) is 6.10 Å². The Kier molecular flexibility index (Phi) is 4.43. The van der Waals surface area contributed by atoms with Crippen LogP contribution in [0.25, 0.3) is 0 Å².